The summed E-state index contributed by atoms with van der Waals surface area (Å²) >= 11 is 0. The molecule has 1 unspecified atom stereocenters. The van der Waals surface area contributed by atoms with Crippen molar-refractivity contribution in [2.24, 2.45) is 0 Å². The minimum absolute atomic E-state index is 0.146. The third-order valence-corrected chi connectivity index (χ3v) is 5.12. The maximum Gasteiger partial charge on any atom is 0.326 e. The van der Waals surface area contributed by atoms with Gasteiger partial charge in [-0.3, -0.25) is 4.79 Å². The summed E-state index contributed by atoms with van der Waals surface area (Å²) in [6.07, 6.45) is 2.18. The van der Waals surface area contributed by atoms with E-state index in [4.69, 9.17) is 0 Å². The number of aliphatic carboxylic acids is 1. The maximum absolute atomic E-state index is 12.3. The number of nitrogens with one attached hydrogen (secondary N) is 1. The first-order chi connectivity index (χ1) is 10.8. The lowest BCUT2D eigenvalue weighted by Crippen LogP contribution is -2.51. The average Bonchev–Trinajstić information content (AvgIpc) is 2.97. The Balaban J connectivity index is 2.08. The van der Waals surface area contributed by atoms with Crippen LogP contribution in [0.25, 0.3) is 0 Å². The average molecular weight is 340 g/mol. The molecule has 8 heteroatoms. The number of rotatable bonds is 6. The van der Waals surface area contributed by atoms with Crippen molar-refractivity contribution in [3.8, 4) is 0 Å². The van der Waals surface area contributed by atoms with Crippen molar-refractivity contribution in [3.05, 3.63) is 35.9 Å². The molecule has 7 nitrogen and oxygen atoms in total. The van der Waals surface area contributed by atoms with E-state index in [-0.39, 0.29) is 13.0 Å². The molecule has 2 rings (SSSR count). The van der Waals surface area contributed by atoms with Crippen LogP contribution in [0.2, 0.25) is 0 Å². The molecular weight excluding hydrogens is 320 g/mol. The number of amides is 1. The number of hydrogen-bond acceptors (Lipinski definition) is 4. The Labute approximate surface area is 135 Å². The number of carboxylic acids is 1. The Bertz CT molecular complexity index is 674. The van der Waals surface area contributed by atoms with Crippen molar-refractivity contribution in [2.75, 3.05) is 12.8 Å². The summed E-state index contributed by atoms with van der Waals surface area (Å²) in [5, 5.41) is 11.8. The number of benzene rings is 1. The molecule has 1 aliphatic rings. The zero-order valence-electron chi connectivity index (χ0n) is 12.8. The molecule has 0 aromatic heterocycles. The third-order valence-electron chi connectivity index (χ3n) is 3.83. The number of carbonyl (C=O) groups is 2. The Morgan fingerprint density at radius 2 is 2.00 bits per heavy atom. The lowest BCUT2D eigenvalue weighted by atomic mass is 10.1. The van der Waals surface area contributed by atoms with Gasteiger partial charge in [-0.2, -0.15) is 4.31 Å². The summed E-state index contributed by atoms with van der Waals surface area (Å²) in [6.45, 7) is 0.285. The van der Waals surface area contributed by atoms with Crippen LogP contribution in [0, 0.1) is 0 Å². The van der Waals surface area contributed by atoms with E-state index in [2.05, 4.69) is 5.32 Å². The predicted molar refractivity (Wildman–Crippen MR) is 84.3 cm³/mol. The van der Waals surface area contributed by atoms with Crippen molar-refractivity contribution in [1.82, 2.24) is 9.62 Å². The van der Waals surface area contributed by atoms with Crippen LogP contribution in [-0.4, -0.2) is 54.6 Å². The zero-order valence-corrected chi connectivity index (χ0v) is 13.6. The van der Waals surface area contributed by atoms with Crippen LogP contribution < -0.4 is 5.32 Å². The fourth-order valence-corrected chi connectivity index (χ4v) is 3.84. The highest BCUT2D eigenvalue weighted by atomic mass is 32.2. The van der Waals surface area contributed by atoms with Crippen LogP contribution in [-0.2, 0) is 26.0 Å². The molecule has 0 spiro atoms. The molecule has 126 valence electrons. The van der Waals surface area contributed by atoms with Gasteiger partial charge in [-0.25, -0.2) is 13.2 Å². The van der Waals surface area contributed by atoms with Crippen molar-refractivity contribution in [2.45, 2.75) is 31.3 Å². The molecule has 0 saturated carbocycles. The zero-order chi connectivity index (χ0) is 17.0. The van der Waals surface area contributed by atoms with E-state index >= 15 is 0 Å². The van der Waals surface area contributed by atoms with Gasteiger partial charge in [-0.05, 0) is 18.4 Å². The predicted octanol–water partition coefficient (Wildman–Crippen LogP) is 0.223. The van der Waals surface area contributed by atoms with Crippen molar-refractivity contribution in [1.29, 1.82) is 0 Å². The maximum atomic E-state index is 12.3. The first-order valence-electron chi connectivity index (χ1n) is 7.33. The second-order valence-corrected chi connectivity index (χ2v) is 7.56. The van der Waals surface area contributed by atoms with Crippen LogP contribution in [0.1, 0.15) is 18.4 Å². The summed E-state index contributed by atoms with van der Waals surface area (Å²) < 4.78 is 24.5. The Morgan fingerprint density at radius 1 is 1.35 bits per heavy atom. The summed E-state index contributed by atoms with van der Waals surface area (Å²) in [6, 6.07) is 7.03. The quantitative estimate of drug-likeness (QED) is 0.771. The molecule has 1 aromatic carbocycles. The van der Waals surface area contributed by atoms with Gasteiger partial charge in [0.1, 0.15) is 12.1 Å². The van der Waals surface area contributed by atoms with Crippen molar-refractivity contribution < 1.29 is 23.1 Å². The first-order valence-corrected chi connectivity index (χ1v) is 9.18. The standard InChI is InChI=1S/C15H20N2O5S/c1-23(21,22)17-9-5-8-13(17)14(18)16-12(15(19)20)10-11-6-3-2-4-7-11/h2-4,6-7,12-13H,5,8-10H2,1H3,(H,16,18)(H,19,20)/t12?,13-/m0/s1. The second kappa shape index (κ2) is 7.10. The highest BCUT2D eigenvalue weighted by Gasteiger charge is 2.37. The van der Waals surface area contributed by atoms with Crippen LogP contribution in [0.5, 0.6) is 0 Å². The minimum Gasteiger partial charge on any atom is -0.480 e. The largest absolute Gasteiger partial charge is 0.480 e. The monoisotopic (exact) mass is 340 g/mol. The Morgan fingerprint density at radius 3 is 2.57 bits per heavy atom. The molecule has 2 N–H and O–H groups in total. The summed E-state index contributed by atoms with van der Waals surface area (Å²) in [7, 11) is -3.49. The van der Waals surface area contributed by atoms with Gasteiger partial charge in [0.2, 0.25) is 15.9 Å². The fourth-order valence-electron chi connectivity index (χ4n) is 2.72. The van der Waals surface area contributed by atoms with Gasteiger partial charge in [-0.15, -0.1) is 0 Å². The number of sulfonamides is 1. The van der Waals surface area contributed by atoms with Crippen LogP contribution in [0.4, 0.5) is 0 Å². The van der Waals surface area contributed by atoms with Gasteiger partial charge in [0.05, 0.1) is 6.26 Å². The van der Waals surface area contributed by atoms with Gasteiger partial charge in [0.25, 0.3) is 0 Å². The molecule has 0 radical (unpaired) electrons. The van der Waals surface area contributed by atoms with Gasteiger partial charge in [0.15, 0.2) is 0 Å². The number of carbonyl (C=O) groups excluding carboxylic acids is 1. The molecule has 1 amide bonds. The summed E-state index contributed by atoms with van der Waals surface area (Å²) in [5.74, 6) is -1.71. The van der Waals surface area contributed by atoms with E-state index in [1.54, 1.807) is 24.3 Å². The Hall–Kier alpha value is -1.93. The highest BCUT2D eigenvalue weighted by molar-refractivity contribution is 7.88. The van der Waals surface area contributed by atoms with E-state index in [1.165, 1.54) is 0 Å². The molecule has 1 saturated heterocycles. The van der Waals surface area contributed by atoms with Crippen molar-refractivity contribution in [3.63, 3.8) is 0 Å². The van der Waals surface area contributed by atoms with E-state index < -0.39 is 34.0 Å². The van der Waals surface area contributed by atoms with Crippen LogP contribution in [0.15, 0.2) is 30.3 Å². The highest BCUT2D eigenvalue weighted by Crippen LogP contribution is 2.20. The van der Waals surface area contributed by atoms with Crippen molar-refractivity contribution >= 4 is 21.9 Å². The molecule has 1 aromatic rings. The first kappa shape index (κ1) is 17.4. The Kier molecular flexibility index (Phi) is 5.38. The molecule has 1 aliphatic heterocycles. The molecule has 1 heterocycles. The van der Waals surface area contributed by atoms with Gasteiger partial charge in [-0.1, -0.05) is 30.3 Å². The number of hydrogen-bond donors (Lipinski definition) is 2. The number of carboxylic acid groups (broad SMARTS) is 1. The fraction of sp³-hybridized carbons (Fsp3) is 0.467. The molecular formula is C15H20N2O5S. The number of nitrogens with zero attached hydrogens (tertiary/aromatic N) is 1. The third kappa shape index (κ3) is 4.52. The molecule has 23 heavy (non-hydrogen) atoms. The second-order valence-electron chi connectivity index (χ2n) is 5.62. The van der Waals surface area contributed by atoms with Crippen LogP contribution in [0.3, 0.4) is 0 Å². The summed E-state index contributed by atoms with van der Waals surface area (Å²) in [4.78, 5) is 23.7. The van der Waals surface area contributed by atoms with Crippen LogP contribution >= 0.6 is 0 Å². The van der Waals surface area contributed by atoms with E-state index in [9.17, 15) is 23.1 Å². The van der Waals surface area contributed by atoms with Gasteiger partial charge in [0, 0.05) is 13.0 Å². The summed E-state index contributed by atoms with van der Waals surface area (Å²) in [5.41, 5.74) is 0.784. The molecule has 0 bridgehead atoms. The smallest absolute Gasteiger partial charge is 0.326 e. The molecule has 0 aliphatic carbocycles. The van der Waals surface area contributed by atoms with Gasteiger partial charge >= 0.3 is 5.97 Å². The lowest BCUT2D eigenvalue weighted by molar-refractivity contribution is -0.142. The van der Waals surface area contributed by atoms with E-state index in [0.717, 1.165) is 16.1 Å². The SMILES string of the molecule is CS(=O)(=O)N1CCC[C@H]1C(=O)NC(Cc1ccccc1)C(=O)O. The molecule has 1 fully saturated rings. The van der Waals surface area contributed by atoms with E-state index in [1.807, 2.05) is 6.07 Å². The minimum atomic E-state index is -3.49. The normalized spacial score (nSPS) is 20.1. The topological polar surface area (TPSA) is 104 Å². The van der Waals surface area contributed by atoms with Gasteiger partial charge < -0.3 is 10.4 Å². The lowest BCUT2D eigenvalue weighted by Gasteiger charge is -2.23. The molecule has 2 atom stereocenters. The van der Waals surface area contributed by atoms with E-state index in [0.29, 0.717) is 12.8 Å².